The zero-order valence-corrected chi connectivity index (χ0v) is 8.07. The van der Waals surface area contributed by atoms with E-state index in [-0.39, 0.29) is 0 Å². The van der Waals surface area contributed by atoms with Gasteiger partial charge in [0.25, 0.3) is 0 Å². The second kappa shape index (κ2) is 3.04. The Kier molecular flexibility index (Phi) is 1.86. The molecule has 70 valence electrons. The van der Waals surface area contributed by atoms with Crippen LogP contribution in [0.2, 0.25) is 0 Å². The molecule has 0 radical (unpaired) electrons. The standard InChI is InChI=1S/C10H10N4/c1-7-13-9(5-11)10(14(7)2)8-3-4-12-6-8/h3-4,6,12H,1-2H3. The van der Waals surface area contributed by atoms with Crippen molar-refractivity contribution in [2.24, 2.45) is 7.05 Å². The Hall–Kier alpha value is -2.02. The molecule has 1 N–H and O–H groups in total. The highest BCUT2D eigenvalue weighted by Gasteiger charge is 2.13. The molecule has 0 aliphatic heterocycles. The summed E-state index contributed by atoms with van der Waals surface area (Å²) >= 11 is 0. The zero-order chi connectivity index (χ0) is 10.1. The normalized spacial score (nSPS) is 10.1. The minimum atomic E-state index is 0.476. The molecule has 0 fully saturated rings. The zero-order valence-electron chi connectivity index (χ0n) is 8.07. The average Bonchev–Trinajstić information content (AvgIpc) is 2.76. The van der Waals surface area contributed by atoms with Gasteiger partial charge in [0.15, 0.2) is 5.69 Å². The van der Waals surface area contributed by atoms with Gasteiger partial charge in [-0.2, -0.15) is 5.26 Å². The van der Waals surface area contributed by atoms with Crippen molar-refractivity contribution >= 4 is 0 Å². The fraction of sp³-hybridized carbons (Fsp3) is 0.200. The van der Waals surface area contributed by atoms with Gasteiger partial charge in [-0.15, -0.1) is 0 Å². The summed E-state index contributed by atoms with van der Waals surface area (Å²) in [5.74, 6) is 0.845. The minimum Gasteiger partial charge on any atom is -0.367 e. The summed E-state index contributed by atoms with van der Waals surface area (Å²) in [6.07, 6.45) is 3.69. The number of nitrogens with one attached hydrogen (secondary N) is 1. The number of rotatable bonds is 1. The maximum Gasteiger partial charge on any atom is 0.166 e. The first-order valence-corrected chi connectivity index (χ1v) is 4.30. The van der Waals surface area contributed by atoms with Gasteiger partial charge in [0.1, 0.15) is 11.9 Å². The quantitative estimate of drug-likeness (QED) is 0.735. The van der Waals surface area contributed by atoms with Gasteiger partial charge in [0.05, 0.1) is 5.69 Å². The van der Waals surface area contributed by atoms with E-state index in [4.69, 9.17) is 5.26 Å². The van der Waals surface area contributed by atoms with Crippen LogP contribution in [0.5, 0.6) is 0 Å². The first-order valence-electron chi connectivity index (χ1n) is 4.30. The van der Waals surface area contributed by atoms with Gasteiger partial charge < -0.3 is 9.55 Å². The van der Waals surface area contributed by atoms with Crippen molar-refractivity contribution in [3.63, 3.8) is 0 Å². The fourth-order valence-electron chi connectivity index (χ4n) is 1.49. The topological polar surface area (TPSA) is 57.4 Å². The van der Waals surface area contributed by atoms with Gasteiger partial charge in [-0.1, -0.05) is 0 Å². The maximum atomic E-state index is 8.92. The molecule has 2 rings (SSSR count). The second-order valence-corrected chi connectivity index (χ2v) is 3.13. The van der Waals surface area contributed by atoms with E-state index in [1.165, 1.54) is 0 Å². The van der Waals surface area contributed by atoms with Crippen LogP contribution in [-0.4, -0.2) is 14.5 Å². The van der Waals surface area contributed by atoms with Crippen molar-refractivity contribution in [3.8, 4) is 17.3 Å². The molecule has 0 atom stereocenters. The summed E-state index contributed by atoms with van der Waals surface area (Å²) in [6, 6.07) is 4.03. The molecular weight excluding hydrogens is 176 g/mol. The smallest absolute Gasteiger partial charge is 0.166 e. The highest BCUT2D eigenvalue weighted by atomic mass is 15.1. The number of aromatic amines is 1. The van der Waals surface area contributed by atoms with Crippen LogP contribution in [0.1, 0.15) is 11.5 Å². The van der Waals surface area contributed by atoms with Gasteiger partial charge in [-0.25, -0.2) is 4.98 Å². The van der Waals surface area contributed by atoms with Crippen LogP contribution < -0.4 is 0 Å². The van der Waals surface area contributed by atoms with Crippen LogP contribution in [0.3, 0.4) is 0 Å². The van der Waals surface area contributed by atoms with Gasteiger partial charge >= 0.3 is 0 Å². The Morgan fingerprint density at radius 1 is 1.57 bits per heavy atom. The maximum absolute atomic E-state index is 8.92. The molecule has 0 aromatic carbocycles. The van der Waals surface area contributed by atoms with E-state index in [0.717, 1.165) is 17.1 Å². The van der Waals surface area contributed by atoms with Crippen LogP contribution in [0, 0.1) is 18.3 Å². The third kappa shape index (κ3) is 1.11. The predicted octanol–water partition coefficient (Wildman–Crippen LogP) is 1.60. The highest BCUT2D eigenvalue weighted by Crippen LogP contribution is 2.22. The fourth-order valence-corrected chi connectivity index (χ4v) is 1.49. The van der Waals surface area contributed by atoms with E-state index >= 15 is 0 Å². The van der Waals surface area contributed by atoms with Crippen LogP contribution in [-0.2, 0) is 7.05 Å². The number of hydrogen-bond donors (Lipinski definition) is 1. The molecule has 4 heteroatoms. The molecule has 0 aliphatic carbocycles. The van der Waals surface area contributed by atoms with E-state index < -0.39 is 0 Å². The average molecular weight is 186 g/mol. The lowest BCUT2D eigenvalue weighted by Gasteiger charge is -2.00. The molecule has 0 unspecified atom stereocenters. The molecule has 0 saturated heterocycles. The minimum absolute atomic E-state index is 0.476. The van der Waals surface area contributed by atoms with Gasteiger partial charge in [0.2, 0.25) is 0 Å². The molecule has 0 saturated carbocycles. The lowest BCUT2D eigenvalue weighted by atomic mass is 10.2. The van der Waals surface area contributed by atoms with Crippen LogP contribution in [0.15, 0.2) is 18.5 Å². The number of aryl methyl sites for hydroxylation is 1. The highest BCUT2D eigenvalue weighted by molar-refractivity contribution is 5.65. The van der Waals surface area contributed by atoms with E-state index in [0.29, 0.717) is 5.69 Å². The SMILES string of the molecule is Cc1nc(C#N)c(-c2cc[nH]c2)n1C. The number of hydrogen-bond acceptors (Lipinski definition) is 2. The molecule has 0 amide bonds. The second-order valence-electron chi connectivity index (χ2n) is 3.13. The summed E-state index contributed by atoms with van der Waals surface area (Å²) in [4.78, 5) is 7.14. The molecule has 4 nitrogen and oxygen atoms in total. The Morgan fingerprint density at radius 2 is 2.36 bits per heavy atom. The lowest BCUT2D eigenvalue weighted by molar-refractivity contribution is 0.865. The summed E-state index contributed by atoms with van der Waals surface area (Å²) in [7, 11) is 1.91. The molecule has 0 spiro atoms. The van der Waals surface area contributed by atoms with Crippen LogP contribution in [0.4, 0.5) is 0 Å². The molecule has 2 heterocycles. The van der Waals surface area contributed by atoms with Crippen LogP contribution in [0.25, 0.3) is 11.3 Å². The Balaban J connectivity index is 2.69. The van der Waals surface area contributed by atoms with Gasteiger partial charge in [-0.3, -0.25) is 0 Å². The van der Waals surface area contributed by atoms with Crippen molar-refractivity contribution in [1.82, 2.24) is 14.5 Å². The van der Waals surface area contributed by atoms with E-state index in [1.54, 1.807) is 0 Å². The van der Waals surface area contributed by atoms with Gasteiger partial charge in [0, 0.05) is 25.0 Å². The molecule has 0 bridgehead atoms. The van der Waals surface area contributed by atoms with E-state index in [2.05, 4.69) is 16.0 Å². The number of aromatic nitrogens is 3. The first kappa shape index (κ1) is 8.57. The largest absolute Gasteiger partial charge is 0.367 e. The van der Waals surface area contributed by atoms with Crippen molar-refractivity contribution < 1.29 is 0 Å². The number of nitrogens with zero attached hydrogens (tertiary/aromatic N) is 3. The Bertz CT molecular complexity index is 485. The summed E-state index contributed by atoms with van der Waals surface area (Å²) in [6.45, 7) is 1.89. The monoisotopic (exact) mass is 186 g/mol. The molecular formula is C10H10N4. The van der Waals surface area contributed by atoms with Gasteiger partial charge in [-0.05, 0) is 13.0 Å². The molecule has 14 heavy (non-hydrogen) atoms. The van der Waals surface area contributed by atoms with E-state index in [1.807, 2.05) is 37.0 Å². The summed E-state index contributed by atoms with van der Waals surface area (Å²) < 4.78 is 1.92. The number of H-pyrrole nitrogens is 1. The third-order valence-corrected chi connectivity index (χ3v) is 2.30. The molecule has 0 aliphatic rings. The first-order chi connectivity index (χ1) is 6.74. The van der Waals surface area contributed by atoms with Crippen molar-refractivity contribution in [3.05, 3.63) is 30.0 Å². The number of nitriles is 1. The summed E-state index contributed by atoms with van der Waals surface area (Å²) in [5.41, 5.74) is 2.33. The van der Waals surface area contributed by atoms with Crippen LogP contribution >= 0.6 is 0 Å². The van der Waals surface area contributed by atoms with Crippen molar-refractivity contribution in [1.29, 1.82) is 5.26 Å². The van der Waals surface area contributed by atoms with E-state index in [9.17, 15) is 0 Å². The molecule has 2 aromatic heterocycles. The molecule has 2 aromatic rings. The summed E-state index contributed by atoms with van der Waals surface area (Å²) in [5, 5.41) is 8.92. The lowest BCUT2D eigenvalue weighted by Crippen LogP contribution is -1.93. The predicted molar refractivity (Wildman–Crippen MR) is 52.4 cm³/mol. The van der Waals surface area contributed by atoms with Crippen molar-refractivity contribution in [2.75, 3.05) is 0 Å². The number of imidazole rings is 1. The Labute approximate surface area is 81.8 Å². The Morgan fingerprint density at radius 3 is 2.93 bits per heavy atom. The third-order valence-electron chi connectivity index (χ3n) is 2.30. The van der Waals surface area contributed by atoms with Crippen molar-refractivity contribution in [2.45, 2.75) is 6.92 Å².